The van der Waals surface area contributed by atoms with Gasteiger partial charge in [-0.1, -0.05) is 38.5 Å². The largest absolute Gasteiger partial charge is 0.298 e. The monoisotopic (exact) mass is 291 g/mol. The Kier molecular flexibility index (Phi) is 6.69. The molecule has 0 saturated heterocycles. The predicted molar refractivity (Wildman–Crippen MR) is 97.7 cm³/mol. The van der Waals surface area contributed by atoms with Crippen LogP contribution in [0.1, 0.15) is 69.2 Å². The molecular weight excluding hydrogens is 254 g/mol. The highest BCUT2D eigenvalue weighted by Gasteiger charge is 2.24. The zero-order valence-corrected chi connectivity index (χ0v) is 16.4. The second-order valence-electron chi connectivity index (χ2n) is 8.46. The minimum atomic E-state index is 0.134. The molecule has 0 bridgehead atoms. The first kappa shape index (κ1) is 20.2. The molecule has 0 amide bonds. The molecule has 0 heterocycles. The van der Waals surface area contributed by atoms with Crippen LogP contribution in [-0.4, -0.2) is 24.0 Å². The molecule has 1 heteroatoms. The highest BCUT2D eigenvalue weighted by molar-refractivity contribution is 5.46. The standard InChI is InChI=1S/C20H37N/c1-14(2)16(4)18(19(6,7)8)17(5)15(3)13-21(12)20(9,10)11/h1,13H2,2-12H3/b17-15+,18-16+. The Balaban J connectivity index is 5.80. The van der Waals surface area contributed by atoms with E-state index in [0.717, 1.165) is 12.1 Å². The van der Waals surface area contributed by atoms with Gasteiger partial charge in [-0.15, -0.1) is 0 Å². The van der Waals surface area contributed by atoms with Crippen LogP contribution < -0.4 is 0 Å². The van der Waals surface area contributed by atoms with Crippen LogP contribution in [0.4, 0.5) is 0 Å². The van der Waals surface area contributed by atoms with Gasteiger partial charge in [-0.05, 0) is 77.6 Å². The molecule has 0 aromatic heterocycles. The third kappa shape index (κ3) is 5.82. The summed E-state index contributed by atoms with van der Waals surface area (Å²) in [5, 5.41) is 0. The lowest BCUT2D eigenvalue weighted by Gasteiger charge is -2.34. The van der Waals surface area contributed by atoms with Crippen molar-refractivity contribution in [3.63, 3.8) is 0 Å². The van der Waals surface area contributed by atoms with Crippen molar-refractivity contribution in [1.29, 1.82) is 0 Å². The summed E-state index contributed by atoms with van der Waals surface area (Å²) in [5.41, 5.74) is 7.12. The van der Waals surface area contributed by atoms with E-state index in [4.69, 9.17) is 0 Å². The first-order valence-corrected chi connectivity index (χ1v) is 7.94. The zero-order chi connectivity index (χ0) is 17.2. The molecule has 0 aromatic carbocycles. The molecule has 0 atom stereocenters. The highest BCUT2D eigenvalue weighted by Crippen LogP contribution is 2.37. The van der Waals surface area contributed by atoms with Crippen molar-refractivity contribution < 1.29 is 0 Å². The second kappa shape index (κ2) is 6.96. The van der Waals surface area contributed by atoms with Gasteiger partial charge in [0, 0.05) is 12.1 Å². The van der Waals surface area contributed by atoms with Gasteiger partial charge in [0.1, 0.15) is 0 Å². The number of likely N-dealkylation sites (N-methyl/N-ethyl adjacent to an activating group) is 1. The molecule has 0 saturated carbocycles. The fraction of sp³-hybridized carbons (Fsp3) is 0.700. The van der Waals surface area contributed by atoms with Crippen LogP contribution >= 0.6 is 0 Å². The molecule has 0 aliphatic rings. The van der Waals surface area contributed by atoms with Gasteiger partial charge in [0.05, 0.1) is 0 Å². The van der Waals surface area contributed by atoms with Gasteiger partial charge in [0.25, 0.3) is 0 Å². The topological polar surface area (TPSA) is 3.24 Å². The van der Waals surface area contributed by atoms with E-state index in [2.05, 4.69) is 87.8 Å². The summed E-state index contributed by atoms with van der Waals surface area (Å²) in [5.74, 6) is 0. The Morgan fingerprint density at radius 3 is 1.57 bits per heavy atom. The summed E-state index contributed by atoms with van der Waals surface area (Å²) in [6.07, 6.45) is 0. The molecule has 0 fully saturated rings. The van der Waals surface area contributed by atoms with Crippen LogP contribution in [0, 0.1) is 5.41 Å². The number of nitrogens with zero attached hydrogens (tertiary/aromatic N) is 1. The molecule has 0 rings (SSSR count). The molecule has 0 aromatic rings. The van der Waals surface area contributed by atoms with Crippen LogP contribution in [0.15, 0.2) is 34.4 Å². The molecule has 0 aliphatic heterocycles. The number of rotatable bonds is 4. The van der Waals surface area contributed by atoms with E-state index in [9.17, 15) is 0 Å². The quantitative estimate of drug-likeness (QED) is 0.575. The molecule has 122 valence electrons. The molecular formula is C20H37N. The normalized spacial score (nSPS) is 15.8. The summed E-state index contributed by atoms with van der Waals surface area (Å²) in [6.45, 7) is 27.6. The van der Waals surface area contributed by atoms with Crippen LogP contribution in [0.5, 0.6) is 0 Å². The summed E-state index contributed by atoms with van der Waals surface area (Å²) in [4.78, 5) is 2.40. The maximum Gasteiger partial charge on any atom is 0.0198 e. The molecule has 21 heavy (non-hydrogen) atoms. The van der Waals surface area contributed by atoms with Gasteiger partial charge >= 0.3 is 0 Å². The third-order valence-electron chi connectivity index (χ3n) is 4.40. The molecule has 0 radical (unpaired) electrons. The first-order valence-electron chi connectivity index (χ1n) is 7.94. The van der Waals surface area contributed by atoms with Crippen molar-refractivity contribution in [2.75, 3.05) is 13.6 Å². The van der Waals surface area contributed by atoms with Gasteiger partial charge in [-0.2, -0.15) is 0 Å². The summed E-state index contributed by atoms with van der Waals surface area (Å²) in [6, 6.07) is 0. The number of allylic oxidation sites excluding steroid dienone is 4. The fourth-order valence-corrected chi connectivity index (χ4v) is 2.54. The Morgan fingerprint density at radius 2 is 1.29 bits per heavy atom. The van der Waals surface area contributed by atoms with Gasteiger partial charge in [0.2, 0.25) is 0 Å². The van der Waals surface area contributed by atoms with E-state index >= 15 is 0 Å². The fourth-order valence-electron chi connectivity index (χ4n) is 2.54. The van der Waals surface area contributed by atoms with E-state index in [1.54, 1.807) is 0 Å². The van der Waals surface area contributed by atoms with Crippen molar-refractivity contribution in [1.82, 2.24) is 4.90 Å². The van der Waals surface area contributed by atoms with Crippen molar-refractivity contribution in [3.8, 4) is 0 Å². The third-order valence-corrected chi connectivity index (χ3v) is 4.40. The predicted octanol–water partition coefficient (Wildman–Crippen LogP) is 5.99. The lowest BCUT2D eigenvalue weighted by molar-refractivity contribution is 0.191. The molecule has 0 aliphatic carbocycles. The van der Waals surface area contributed by atoms with Crippen molar-refractivity contribution >= 4 is 0 Å². The Morgan fingerprint density at radius 1 is 0.857 bits per heavy atom. The van der Waals surface area contributed by atoms with Crippen LogP contribution in [0.2, 0.25) is 0 Å². The Bertz CT molecular complexity index is 447. The van der Waals surface area contributed by atoms with Crippen molar-refractivity contribution in [2.45, 2.75) is 74.8 Å². The maximum atomic E-state index is 4.14. The van der Waals surface area contributed by atoms with Crippen molar-refractivity contribution in [3.05, 3.63) is 34.4 Å². The lowest BCUT2D eigenvalue weighted by Crippen LogP contribution is -2.39. The van der Waals surface area contributed by atoms with Crippen LogP contribution in [0.3, 0.4) is 0 Å². The lowest BCUT2D eigenvalue weighted by atomic mass is 9.77. The van der Waals surface area contributed by atoms with Gasteiger partial charge < -0.3 is 0 Å². The van der Waals surface area contributed by atoms with Gasteiger partial charge in [-0.3, -0.25) is 4.90 Å². The van der Waals surface area contributed by atoms with E-state index in [-0.39, 0.29) is 11.0 Å². The molecule has 0 spiro atoms. The molecule has 0 unspecified atom stereocenters. The minimum Gasteiger partial charge on any atom is -0.298 e. The average Bonchev–Trinajstić information content (AvgIpc) is 2.25. The van der Waals surface area contributed by atoms with Crippen LogP contribution in [-0.2, 0) is 0 Å². The highest BCUT2D eigenvalue weighted by atomic mass is 15.2. The Labute approximate surface area is 133 Å². The Hall–Kier alpha value is -0.820. The van der Waals surface area contributed by atoms with Crippen molar-refractivity contribution in [2.24, 2.45) is 5.41 Å². The zero-order valence-electron chi connectivity index (χ0n) is 16.4. The number of hydrogen-bond acceptors (Lipinski definition) is 1. The van der Waals surface area contributed by atoms with E-state index in [0.29, 0.717) is 0 Å². The SMILES string of the molecule is C=C(C)/C(C)=C(\C(C)=C(/C)CN(C)C(C)(C)C)C(C)(C)C. The second-order valence-corrected chi connectivity index (χ2v) is 8.46. The van der Waals surface area contributed by atoms with E-state index < -0.39 is 0 Å². The number of hydrogen-bond donors (Lipinski definition) is 0. The summed E-state index contributed by atoms with van der Waals surface area (Å²) < 4.78 is 0. The van der Waals surface area contributed by atoms with Crippen LogP contribution in [0.25, 0.3) is 0 Å². The minimum absolute atomic E-state index is 0.134. The summed E-state index contributed by atoms with van der Waals surface area (Å²) in [7, 11) is 2.20. The first-order chi connectivity index (χ1) is 9.19. The van der Waals surface area contributed by atoms with E-state index in [1.807, 2.05) is 0 Å². The molecule has 1 nitrogen and oxygen atoms in total. The average molecular weight is 292 g/mol. The van der Waals surface area contributed by atoms with Gasteiger partial charge in [-0.25, -0.2) is 0 Å². The van der Waals surface area contributed by atoms with Gasteiger partial charge in [0.15, 0.2) is 0 Å². The smallest absolute Gasteiger partial charge is 0.0198 e. The van der Waals surface area contributed by atoms with E-state index in [1.165, 1.54) is 22.3 Å². The molecule has 0 N–H and O–H groups in total. The maximum absolute atomic E-state index is 4.14. The summed E-state index contributed by atoms with van der Waals surface area (Å²) >= 11 is 0.